The van der Waals surface area contributed by atoms with E-state index in [9.17, 15) is 4.79 Å². The van der Waals surface area contributed by atoms with Gasteiger partial charge in [0.15, 0.2) is 11.3 Å². The average Bonchev–Trinajstić information content (AvgIpc) is 3.46. The highest BCUT2D eigenvalue weighted by atomic mass is 16.5. The van der Waals surface area contributed by atoms with Crippen molar-refractivity contribution in [3.05, 3.63) is 70.8 Å². The third kappa shape index (κ3) is 2.88. The van der Waals surface area contributed by atoms with Crippen LogP contribution in [0, 0.1) is 0 Å². The maximum Gasteiger partial charge on any atom is 0.265 e. The number of hydrogen-bond donors (Lipinski definition) is 0. The molecule has 0 spiro atoms. The number of rotatable bonds is 4. The molecule has 3 aromatic heterocycles. The highest BCUT2D eigenvalue weighted by Crippen LogP contribution is 2.31. The molecule has 7 heteroatoms. The zero-order valence-electron chi connectivity index (χ0n) is 17.9. The lowest BCUT2D eigenvalue weighted by molar-refractivity contribution is 0.409. The van der Waals surface area contributed by atoms with Crippen molar-refractivity contribution in [2.45, 2.75) is 38.3 Å². The van der Waals surface area contributed by atoms with Crippen molar-refractivity contribution in [2.24, 2.45) is 0 Å². The van der Waals surface area contributed by atoms with Crippen molar-refractivity contribution < 1.29 is 4.74 Å². The number of hydrogen-bond acceptors (Lipinski definition) is 5. The van der Waals surface area contributed by atoms with Crippen LogP contribution in [0.2, 0.25) is 0 Å². The number of para-hydroxylation sites is 3. The van der Waals surface area contributed by atoms with E-state index in [1.54, 1.807) is 18.0 Å². The van der Waals surface area contributed by atoms with Gasteiger partial charge in [-0.25, -0.2) is 15.0 Å². The Hall–Kier alpha value is -3.74. The van der Waals surface area contributed by atoms with Gasteiger partial charge in [0, 0.05) is 11.6 Å². The molecule has 0 atom stereocenters. The van der Waals surface area contributed by atoms with Gasteiger partial charge in [0.2, 0.25) is 0 Å². The first-order valence-corrected chi connectivity index (χ1v) is 11.0. The van der Waals surface area contributed by atoms with Crippen LogP contribution in [-0.2, 0) is 6.54 Å². The second-order valence-electron chi connectivity index (χ2n) is 8.38. The largest absolute Gasteiger partial charge is 0.496 e. The molecule has 7 nitrogen and oxygen atoms in total. The van der Waals surface area contributed by atoms with Crippen LogP contribution in [0.5, 0.6) is 5.75 Å². The Morgan fingerprint density at radius 3 is 2.47 bits per heavy atom. The van der Waals surface area contributed by atoms with Crippen LogP contribution in [0.15, 0.2) is 59.7 Å². The Labute approximate surface area is 184 Å². The van der Waals surface area contributed by atoms with Crippen LogP contribution < -0.4 is 10.3 Å². The fourth-order valence-corrected chi connectivity index (χ4v) is 4.91. The Kier molecular flexibility index (Phi) is 4.41. The fraction of sp³-hybridized carbons (Fsp3) is 0.280. The number of fused-ring (bicyclic) bond motifs is 4. The molecule has 6 rings (SSSR count). The predicted octanol–water partition coefficient (Wildman–Crippen LogP) is 4.47. The first kappa shape index (κ1) is 19.0. The number of methoxy groups -OCH3 is 1. The van der Waals surface area contributed by atoms with Gasteiger partial charge in [-0.2, -0.15) is 0 Å². The van der Waals surface area contributed by atoms with E-state index in [4.69, 9.17) is 19.7 Å². The molecular weight excluding hydrogens is 402 g/mol. The van der Waals surface area contributed by atoms with Crippen LogP contribution in [-0.4, -0.2) is 31.2 Å². The maximum atomic E-state index is 13.7. The minimum Gasteiger partial charge on any atom is -0.496 e. The van der Waals surface area contributed by atoms with Gasteiger partial charge in [-0.15, -0.1) is 0 Å². The summed E-state index contributed by atoms with van der Waals surface area (Å²) in [5.41, 5.74) is 4.41. The second-order valence-corrected chi connectivity index (χ2v) is 8.38. The predicted molar refractivity (Wildman–Crippen MR) is 124 cm³/mol. The molecule has 0 N–H and O–H groups in total. The molecule has 2 aromatic carbocycles. The summed E-state index contributed by atoms with van der Waals surface area (Å²) in [7, 11) is 1.66. The van der Waals surface area contributed by atoms with E-state index in [2.05, 4.69) is 0 Å². The standard InChI is InChI=1S/C25H23N5O2/c1-32-20-13-7-2-8-16(20)14-29-23-21(25(31)30(15-26-23)17-9-3-4-10-17)22-24(29)28-19-12-6-5-11-18(19)27-22/h2,5-8,11-13,15,17H,3-4,9-10,14H2,1H3. The van der Waals surface area contributed by atoms with Gasteiger partial charge in [-0.1, -0.05) is 43.2 Å². The van der Waals surface area contributed by atoms with Gasteiger partial charge in [-0.3, -0.25) is 9.36 Å². The van der Waals surface area contributed by atoms with Crippen molar-refractivity contribution in [3.8, 4) is 5.75 Å². The smallest absolute Gasteiger partial charge is 0.265 e. The number of ether oxygens (including phenoxy) is 1. The Bertz CT molecular complexity index is 1530. The third-order valence-electron chi connectivity index (χ3n) is 6.52. The fourth-order valence-electron chi connectivity index (χ4n) is 4.91. The summed E-state index contributed by atoms with van der Waals surface area (Å²) < 4.78 is 9.36. The molecule has 0 bridgehead atoms. The summed E-state index contributed by atoms with van der Waals surface area (Å²) in [5, 5.41) is 0.544. The van der Waals surface area contributed by atoms with Gasteiger partial charge in [-0.05, 0) is 31.0 Å². The molecule has 0 saturated heterocycles. The summed E-state index contributed by atoms with van der Waals surface area (Å²) in [5.74, 6) is 0.788. The third-order valence-corrected chi connectivity index (χ3v) is 6.52. The SMILES string of the molecule is COc1ccccc1Cn1c2nc3ccccc3nc2c2c(=O)n(C3CCCC3)cnc21. The Balaban J connectivity index is 1.67. The molecule has 1 aliphatic carbocycles. The van der Waals surface area contributed by atoms with Gasteiger partial charge >= 0.3 is 0 Å². The van der Waals surface area contributed by atoms with Crippen LogP contribution in [0.4, 0.5) is 0 Å². The molecule has 0 amide bonds. The van der Waals surface area contributed by atoms with Gasteiger partial charge in [0.1, 0.15) is 23.0 Å². The lowest BCUT2D eigenvalue weighted by Gasteiger charge is -2.13. The van der Waals surface area contributed by atoms with Crippen molar-refractivity contribution >= 4 is 33.2 Å². The molecule has 1 saturated carbocycles. The summed E-state index contributed by atoms with van der Waals surface area (Å²) in [6.07, 6.45) is 6.03. The Morgan fingerprint density at radius 1 is 0.969 bits per heavy atom. The van der Waals surface area contributed by atoms with E-state index in [1.165, 1.54) is 0 Å². The molecule has 1 fully saturated rings. The molecule has 0 aliphatic heterocycles. The van der Waals surface area contributed by atoms with Gasteiger partial charge < -0.3 is 9.30 Å². The van der Waals surface area contributed by atoms with E-state index in [-0.39, 0.29) is 11.6 Å². The van der Waals surface area contributed by atoms with E-state index in [1.807, 2.05) is 53.1 Å². The monoisotopic (exact) mass is 425 g/mol. The molecule has 32 heavy (non-hydrogen) atoms. The van der Waals surface area contributed by atoms with Crippen molar-refractivity contribution in [3.63, 3.8) is 0 Å². The lowest BCUT2D eigenvalue weighted by atomic mass is 10.2. The van der Waals surface area contributed by atoms with Crippen LogP contribution >= 0.6 is 0 Å². The highest BCUT2D eigenvalue weighted by molar-refractivity contribution is 6.04. The topological polar surface area (TPSA) is 74.8 Å². The van der Waals surface area contributed by atoms with Crippen LogP contribution in [0.3, 0.4) is 0 Å². The number of benzene rings is 2. The lowest BCUT2D eigenvalue weighted by Crippen LogP contribution is -2.24. The van der Waals surface area contributed by atoms with Crippen molar-refractivity contribution in [2.75, 3.05) is 7.11 Å². The summed E-state index contributed by atoms with van der Waals surface area (Å²) in [4.78, 5) is 28.2. The van der Waals surface area contributed by atoms with E-state index < -0.39 is 0 Å². The zero-order valence-corrected chi connectivity index (χ0v) is 17.9. The zero-order chi connectivity index (χ0) is 21.7. The van der Waals surface area contributed by atoms with Gasteiger partial charge in [0.05, 0.1) is 24.7 Å². The van der Waals surface area contributed by atoms with Gasteiger partial charge in [0.25, 0.3) is 5.56 Å². The number of aromatic nitrogens is 5. The van der Waals surface area contributed by atoms with E-state index in [0.29, 0.717) is 28.7 Å². The van der Waals surface area contributed by atoms with Crippen LogP contribution in [0.1, 0.15) is 37.3 Å². The molecule has 3 heterocycles. The van der Waals surface area contributed by atoms with Crippen molar-refractivity contribution in [1.82, 2.24) is 24.1 Å². The molecule has 0 radical (unpaired) electrons. The molecule has 1 aliphatic rings. The first-order valence-electron chi connectivity index (χ1n) is 11.0. The molecule has 5 aromatic rings. The minimum absolute atomic E-state index is 0.0322. The summed E-state index contributed by atoms with van der Waals surface area (Å²) >= 11 is 0. The van der Waals surface area contributed by atoms with Crippen LogP contribution in [0.25, 0.3) is 33.2 Å². The van der Waals surface area contributed by atoms with E-state index >= 15 is 0 Å². The minimum atomic E-state index is -0.0322. The maximum absolute atomic E-state index is 13.7. The summed E-state index contributed by atoms with van der Waals surface area (Å²) in [6, 6.07) is 15.8. The second kappa shape index (κ2) is 7.44. The quantitative estimate of drug-likeness (QED) is 0.425. The number of nitrogens with zero attached hydrogens (tertiary/aromatic N) is 5. The average molecular weight is 425 g/mol. The van der Waals surface area contributed by atoms with Crippen molar-refractivity contribution in [1.29, 1.82) is 0 Å². The molecule has 0 unspecified atom stereocenters. The highest BCUT2D eigenvalue weighted by Gasteiger charge is 2.24. The van der Waals surface area contributed by atoms with E-state index in [0.717, 1.165) is 48.0 Å². The normalized spacial score (nSPS) is 14.7. The molecular formula is C25H23N5O2. The Morgan fingerprint density at radius 2 is 1.69 bits per heavy atom. The summed E-state index contributed by atoms with van der Waals surface area (Å²) in [6.45, 7) is 0.483. The first-order chi connectivity index (χ1) is 15.7. The molecule has 160 valence electrons.